The van der Waals surface area contributed by atoms with Crippen molar-refractivity contribution in [2.45, 2.75) is 32.5 Å². The van der Waals surface area contributed by atoms with Crippen molar-refractivity contribution in [2.24, 2.45) is 0 Å². The van der Waals surface area contributed by atoms with E-state index in [2.05, 4.69) is 40.1 Å². The number of nitrogens with one attached hydrogen (secondary N) is 1. The van der Waals surface area contributed by atoms with E-state index in [-0.39, 0.29) is 23.4 Å². The maximum absolute atomic E-state index is 12.5. The number of halogens is 2. The molecule has 1 atom stereocenters. The lowest BCUT2D eigenvalue weighted by Gasteiger charge is -2.33. The van der Waals surface area contributed by atoms with Crippen molar-refractivity contribution in [2.75, 3.05) is 20.2 Å². The van der Waals surface area contributed by atoms with Crippen LogP contribution in [0.4, 0.5) is 8.78 Å². The summed E-state index contributed by atoms with van der Waals surface area (Å²) in [5.74, 6) is -0.297. The van der Waals surface area contributed by atoms with E-state index in [4.69, 9.17) is 4.74 Å². The van der Waals surface area contributed by atoms with Gasteiger partial charge < -0.3 is 14.8 Å². The largest absolute Gasteiger partial charge is 0.493 e. The standard InChI is InChI=1S/C21H24F2N2O3/c1-14(25-10-9-15-5-3-4-6-17(15)13-25)12-24-20(26)16-7-8-18(28-21(22)23)19(11-16)27-2/h3-8,11,14,21H,9-10,12-13H2,1-2H3,(H,24,26). The monoisotopic (exact) mass is 390 g/mol. The first kappa shape index (κ1) is 20.1. The van der Waals surface area contributed by atoms with E-state index in [1.165, 1.54) is 36.4 Å². The van der Waals surface area contributed by atoms with Crippen LogP contribution in [0.5, 0.6) is 11.5 Å². The van der Waals surface area contributed by atoms with Crippen molar-refractivity contribution in [1.29, 1.82) is 0 Å². The predicted octanol–water partition coefficient (Wildman–Crippen LogP) is 3.47. The summed E-state index contributed by atoms with van der Waals surface area (Å²) in [4.78, 5) is 14.8. The summed E-state index contributed by atoms with van der Waals surface area (Å²) in [6, 6.07) is 12.7. The molecule has 7 heteroatoms. The number of benzene rings is 2. The van der Waals surface area contributed by atoms with Gasteiger partial charge in [0.1, 0.15) is 0 Å². The third-order valence-corrected chi connectivity index (χ3v) is 4.98. The van der Waals surface area contributed by atoms with E-state index in [1.54, 1.807) is 0 Å². The fourth-order valence-corrected chi connectivity index (χ4v) is 3.37. The summed E-state index contributed by atoms with van der Waals surface area (Å²) in [6.07, 6.45) is 0.997. The highest BCUT2D eigenvalue weighted by Crippen LogP contribution is 2.29. The highest BCUT2D eigenvalue weighted by Gasteiger charge is 2.21. The van der Waals surface area contributed by atoms with Crippen molar-refractivity contribution < 1.29 is 23.0 Å². The van der Waals surface area contributed by atoms with Crippen molar-refractivity contribution in [3.8, 4) is 11.5 Å². The van der Waals surface area contributed by atoms with E-state index in [9.17, 15) is 13.6 Å². The van der Waals surface area contributed by atoms with Crippen molar-refractivity contribution >= 4 is 5.91 Å². The molecule has 3 rings (SSSR count). The molecule has 0 fully saturated rings. The third-order valence-electron chi connectivity index (χ3n) is 4.98. The van der Waals surface area contributed by atoms with E-state index in [1.807, 2.05) is 6.07 Å². The number of ether oxygens (including phenoxy) is 2. The van der Waals surface area contributed by atoms with Crippen LogP contribution in [0.15, 0.2) is 42.5 Å². The zero-order valence-electron chi connectivity index (χ0n) is 16.0. The molecule has 28 heavy (non-hydrogen) atoms. The van der Waals surface area contributed by atoms with Gasteiger partial charge in [-0.3, -0.25) is 9.69 Å². The van der Waals surface area contributed by atoms with Gasteiger partial charge in [0.05, 0.1) is 7.11 Å². The Morgan fingerprint density at radius 2 is 1.93 bits per heavy atom. The molecule has 1 amide bonds. The molecule has 1 heterocycles. The van der Waals surface area contributed by atoms with Gasteiger partial charge in [0.15, 0.2) is 11.5 Å². The van der Waals surface area contributed by atoms with Gasteiger partial charge in [-0.25, -0.2) is 0 Å². The molecule has 2 aromatic rings. The van der Waals surface area contributed by atoms with Crippen LogP contribution in [0.1, 0.15) is 28.4 Å². The Balaban J connectivity index is 1.58. The first-order valence-corrected chi connectivity index (χ1v) is 9.20. The molecular formula is C21H24F2N2O3. The minimum Gasteiger partial charge on any atom is -0.493 e. The van der Waals surface area contributed by atoms with Gasteiger partial charge in [-0.05, 0) is 42.7 Å². The number of fused-ring (bicyclic) bond motifs is 1. The van der Waals surface area contributed by atoms with Crippen LogP contribution in [0.2, 0.25) is 0 Å². The lowest BCUT2D eigenvalue weighted by Crippen LogP contribution is -2.44. The quantitative estimate of drug-likeness (QED) is 0.787. The summed E-state index contributed by atoms with van der Waals surface area (Å²) >= 11 is 0. The smallest absolute Gasteiger partial charge is 0.387 e. The lowest BCUT2D eigenvalue weighted by atomic mass is 9.99. The Kier molecular flexibility index (Phi) is 6.46. The number of carbonyl (C=O) groups excluding carboxylic acids is 1. The number of methoxy groups -OCH3 is 1. The molecule has 5 nitrogen and oxygen atoms in total. The summed E-state index contributed by atoms with van der Waals surface area (Å²) in [5, 5.41) is 2.91. The van der Waals surface area contributed by atoms with E-state index in [0.29, 0.717) is 12.1 Å². The number of nitrogens with zero attached hydrogens (tertiary/aromatic N) is 1. The Labute approximate surface area is 163 Å². The summed E-state index contributed by atoms with van der Waals surface area (Å²) < 4.78 is 34.3. The Bertz CT molecular complexity index is 829. The molecule has 2 aromatic carbocycles. The normalized spacial score (nSPS) is 15.0. The van der Waals surface area contributed by atoms with E-state index >= 15 is 0 Å². The molecular weight excluding hydrogens is 366 g/mol. The number of alkyl halides is 2. The summed E-state index contributed by atoms with van der Waals surface area (Å²) in [5.41, 5.74) is 3.04. The Morgan fingerprint density at radius 1 is 1.18 bits per heavy atom. The Hall–Kier alpha value is -2.67. The first-order valence-electron chi connectivity index (χ1n) is 9.20. The molecule has 0 bridgehead atoms. The second-order valence-corrected chi connectivity index (χ2v) is 6.79. The van der Waals surface area contributed by atoms with Gasteiger partial charge in [0.2, 0.25) is 0 Å². The maximum atomic E-state index is 12.5. The zero-order valence-corrected chi connectivity index (χ0v) is 16.0. The molecule has 1 aliphatic heterocycles. The number of amides is 1. The van der Waals surface area contributed by atoms with Gasteiger partial charge >= 0.3 is 6.61 Å². The van der Waals surface area contributed by atoms with Gasteiger partial charge in [-0.2, -0.15) is 8.78 Å². The fourth-order valence-electron chi connectivity index (χ4n) is 3.37. The van der Waals surface area contributed by atoms with Gasteiger partial charge in [-0.15, -0.1) is 0 Å². The highest BCUT2D eigenvalue weighted by atomic mass is 19.3. The highest BCUT2D eigenvalue weighted by molar-refractivity contribution is 5.94. The minimum atomic E-state index is -2.95. The molecule has 0 aromatic heterocycles. The number of rotatable bonds is 7. The SMILES string of the molecule is COc1cc(C(=O)NCC(C)N2CCc3ccccc3C2)ccc1OC(F)F. The predicted molar refractivity (Wildman–Crippen MR) is 102 cm³/mol. The average Bonchev–Trinajstić information content (AvgIpc) is 2.71. The number of hydrogen-bond acceptors (Lipinski definition) is 4. The van der Waals surface area contributed by atoms with Crippen molar-refractivity contribution in [3.63, 3.8) is 0 Å². The maximum Gasteiger partial charge on any atom is 0.387 e. The lowest BCUT2D eigenvalue weighted by molar-refractivity contribution is -0.0512. The second-order valence-electron chi connectivity index (χ2n) is 6.79. The van der Waals surface area contributed by atoms with E-state index in [0.717, 1.165) is 19.5 Å². The average molecular weight is 390 g/mol. The van der Waals surface area contributed by atoms with Gasteiger partial charge in [0, 0.05) is 31.2 Å². The zero-order chi connectivity index (χ0) is 20.1. The molecule has 1 N–H and O–H groups in total. The van der Waals surface area contributed by atoms with Gasteiger partial charge in [-0.1, -0.05) is 24.3 Å². The van der Waals surface area contributed by atoms with Crippen LogP contribution in [0, 0.1) is 0 Å². The number of hydrogen-bond donors (Lipinski definition) is 1. The molecule has 0 radical (unpaired) electrons. The van der Waals surface area contributed by atoms with E-state index < -0.39 is 6.61 Å². The fraction of sp³-hybridized carbons (Fsp3) is 0.381. The third kappa shape index (κ3) is 4.78. The molecule has 0 saturated heterocycles. The Morgan fingerprint density at radius 3 is 2.64 bits per heavy atom. The van der Waals surface area contributed by atoms with Crippen molar-refractivity contribution in [3.05, 3.63) is 59.2 Å². The molecule has 0 aliphatic carbocycles. The van der Waals surface area contributed by atoms with Gasteiger partial charge in [0.25, 0.3) is 5.91 Å². The minimum absolute atomic E-state index is 0.0913. The summed E-state index contributed by atoms with van der Waals surface area (Å²) in [6.45, 7) is 1.42. The molecule has 150 valence electrons. The number of carbonyl (C=O) groups is 1. The molecule has 0 spiro atoms. The van der Waals surface area contributed by atoms with Crippen LogP contribution in [-0.2, 0) is 13.0 Å². The second kappa shape index (κ2) is 9.01. The van der Waals surface area contributed by atoms with Crippen LogP contribution >= 0.6 is 0 Å². The molecule has 1 aliphatic rings. The molecule has 1 unspecified atom stereocenters. The molecule has 0 saturated carbocycles. The van der Waals surface area contributed by atoms with Crippen LogP contribution < -0.4 is 14.8 Å². The van der Waals surface area contributed by atoms with Crippen LogP contribution in [-0.4, -0.2) is 43.7 Å². The van der Waals surface area contributed by atoms with Crippen LogP contribution in [0.3, 0.4) is 0 Å². The first-order chi connectivity index (χ1) is 13.5. The summed E-state index contributed by atoms with van der Waals surface area (Å²) in [7, 11) is 1.34. The van der Waals surface area contributed by atoms with Crippen molar-refractivity contribution in [1.82, 2.24) is 10.2 Å². The van der Waals surface area contributed by atoms with Crippen LogP contribution in [0.25, 0.3) is 0 Å². The topological polar surface area (TPSA) is 50.8 Å².